The molecule has 7 heavy (non-hydrogen) atoms. The molecule has 0 saturated heterocycles. The Balaban J connectivity index is 0. The van der Waals surface area contributed by atoms with Crippen molar-refractivity contribution in [1.82, 2.24) is 22.7 Å². The molecule has 0 fully saturated rings. The highest BCUT2D eigenvalue weighted by Gasteiger charge is 1.61. The van der Waals surface area contributed by atoms with Crippen LogP contribution in [0.25, 0.3) is 0 Å². The van der Waals surface area contributed by atoms with Crippen LogP contribution in [0.4, 0.5) is 0 Å². The molecule has 0 aliphatic rings. The maximum atomic E-state index is 4.22. The minimum absolute atomic E-state index is 0. The normalized spacial score (nSPS) is 5.71. The van der Waals surface area contributed by atoms with Crippen LogP contribution in [0.3, 0.4) is 0 Å². The Morgan fingerprint density at radius 2 is 2.00 bits per heavy atom. The van der Waals surface area contributed by atoms with Gasteiger partial charge in [0.1, 0.15) is 6.26 Å². The van der Waals surface area contributed by atoms with Gasteiger partial charge in [0.15, 0.2) is 0 Å². The van der Waals surface area contributed by atoms with Crippen molar-refractivity contribution < 1.29 is 4.52 Å². The molecular formula is C2H8N4O. The number of rotatable bonds is 0. The minimum atomic E-state index is 0. The third-order valence-corrected chi connectivity index (χ3v) is 0.283. The largest absolute Gasteiger partial charge is 0.346 e. The van der Waals surface area contributed by atoms with Crippen LogP contribution < -0.4 is 12.3 Å². The van der Waals surface area contributed by atoms with Crippen LogP contribution in [0, 0.1) is 0 Å². The average Bonchev–Trinajstić information content (AvgIpc) is 1.76. The second-order valence-electron chi connectivity index (χ2n) is 0.588. The molecule has 1 rings (SSSR count). The van der Waals surface area contributed by atoms with Gasteiger partial charge in [-0.1, -0.05) is 0 Å². The van der Waals surface area contributed by atoms with Crippen molar-refractivity contribution in [2.75, 3.05) is 0 Å². The van der Waals surface area contributed by atoms with E-state index in [-0.39, 0.29) is 12.3 Å². The zero-order valence-corrected chi connectivity index (χ0v) is 3.87. The van der Waals surface area contributed by atoms with Crippen LogP contribution >= 0.6 is 0 Å². The highest BCUT2D eigenvalue weighted by Crippen LogP contribution is 1.64. The molecule has 0 bridgehead atoms. The Morgan fingerprint density at radius 3 is 2.14 bits per heavy atom. The van der Waals surface area contributed by atoms with E-state index < -0.39 is 0 Å². The molecule has 0 radical (unpaired) electrons. The lowest BCUT2D eigenvalue weighted by Gasteiger charge is -1.45. The minimum Gasteiger partial charge on any atom is -0.346 e. The van der Waals surface area contributed by atoms with Gasteiger partial charge in [-0.05, 0) is 0 Å². The molecule has 0 atom stereocenters. The summed E-state index contributed by atoms with van der Waals surface area (Å²) >= 11 is 0. The molecular weight excluding hydrogens is 96.0 g/mol. The Bertz CT molecular complexity index is 66.2. The summed E-state index contributed by atoms with van der Waals surface area (Å²) in [6.45, 7) is 0. The highest BCUT2D eigenvalue weighted by molar-refractivity contribution is 4.48. The summed E-state index contributed by atoms with van der Waals surface area (Å²) in [7, 11) is 0. The molecule has 0 saturated carbocycles. The van der Waals surface area contributed by atoms with Gasteiger partial charge in [-0.3, -0.25) is 0 Å². The standard InChI is InChI=1S/C2H2N2O.2H3N/c1-2-5-4-3-1;;/h1-2H;2*1H3. The van der Waals surface area contributed by atoms with Gasteiger partial charge < -0.3 is 16.8 Å². The summed E-state index contributed by atoms with van der Waals surface area (Å²) < 4.78 is 4.22. The fraction of sp³-hybridized carbons (Fsp3) is 0. The number of nitrogens with zero attached hydrogens (tertiary/aromatic N) is 2. The number of aromatic nitrogens is 2. The molecule has 0 unspecified atom stereocenters. The average molecular weight is 104 g/mol. The van der Waals surface area contributed by atoms with Gasteiger partial charge in [0.2, 0.25) is 0 Å². The number of hydrogen-bond donors (Lipinski definition) is 2. The summed E-state index contributed by atoms with van der Waals surface area (Å²) in [4.78, 5) is 0. The maximum Gasteiger partial charge on any atom is 0.144 e. The lowest BCUT2D eigenvalue weighted by atomic mass is 11.0. The van der Waals surface area contributed by atoms with Crippen molar-refractivity contribution in [3.8, 4) is 0 Å². The second kappa shape index (κ2) is 5.06. The first-order chi connectivity index (χ1) is 2.50. The molecule has 0 aliphatic carbocycles. The lowest BCUT2D eigenvalue weighted by Crippen LogP contribution is -1.53. The van der Waals surface area contributed by atoms with Crippen LogP contribution in [0.15, 0.2) is 17.0 Å². The van der Waals surface area contributed by atoms with E-state index in [0.717, 1.165) is 0 Å². The first-order valence-corrected chi connectivity index (χ1v) is 1.21. The zero-order chi connectivity index (χ0) is 3.54. The molecule has 6 N–H and O–H groups in total. The molecule has 0 aromatic carbocycles. The second-order valence-corrected chi connectivity index (χ2v) is 0.588. The lowest BCUT2D eigenvalue weighted by molar-refractivity contribution is 0.393. The molecule has 0 spiro atoms. The van der Waals surface area contributed by atoms with Crippen molar-refractivity contribution >= 4 is 0 Å². The Labute approximate surface area is 40.9 Å². The predicted octanol–water partition coefficient (Wildman–Crippen LogP) is 0.394. The Morgan fingerprint density at radius 1 is 1.29 bits per heavy atom. The van der Waals surface area contributed by atoms with E-state index in [4.69, 9.17) is 0 Å². The van der Waals surface area contributed by atoms with Crippen molar-refractivity contribution in [3.63, 3.8) is 0 Å². The van der Waals surface area contributed by atoms with E-state index in [2.05, 4.69) is 14.9 Å². The first-order valence-electron chi connectivity index (χ1n) is 1.21. The summed E-state index contributed by atoms with van der Waals surface area (Å²) in [5.74, 6) is 0. The fourth-order valence-corrected chi connectivity index (χ4v) is 0.136. The van der Waals surface area contributed by atoms with Crippen molar-refractivity contribution in [2.24, 2.45) is 0 Å². The monoisotopic (exact) mass is 104 g/mol. The zero-order valence-electron chi connectivity index (χ0n) is 3.87. The summed E-state index contributed by atoms with van der Waals surface area (Å²) in [5.41, 5.74) is 0. The van der Waals surface area contributed by atoms with Crippen molar-refractivity contribution in [1.29, 1.82) is 0 Å². The molecule has 1 aromatic rings. The molecule has 5 heteroatoms. The van der Waals surface area contributed by atoms with Crippen molar-refractivity contribution in [2.45, 2.75) is 0 Å². The third-order valence-electron chi connectivity index (χ3n) is 0.283. The van der Waals surface area contributed by atoms with Gasteiger partial charge >= 0.3 is 0 Å². The van der Waals surface area contributed by atoms with E-state index in [9.17, 15) is 0 Å². The topological polar surface area (TPSA) is 109 Å². The van der Waals surface area contributed by atoms with Crippen LogP contribution in [-0.4, -0.2) is 10.4 Å². The van der Waals surface area contributed by atoms with Gasteiger partial charge in [0, 0.05) is 5.27 Å². The smallest absolute Gasteiger partial charge is 0.144 e. The summed E-state index contributed by atoms with van der Waals surface area (Å²) in [6.07, 6.45) is 2.88. The molecule has 1 heterocycles. The first kappa shape index (κ1) is 9.41. The van der Waals surface area contributed by atoms with E-state index in [0.29, 0.717) is 0 Å². The van der Waals surface area contributed by atoms with E-state index >= 15 is 0 Å². The molecule has 0 aliphatic heterocycles. The highest BCUT2D eigenvalue weighted by atomic mass is 16.5. The third kappa shape index (κ3) is 2.87. The SMILES string of the molecule is N.N.c1conn1. The van der Waals surface area contributed by atoms with E-state index in [1.807, 2.05) is 0 Å². The molecule has 42 valence electrons. The molecule has 1 aromatic heterocycles. The van der Waals surface area contributed by atoms with E-state index in [1.165, 1.54) is 12.5 Å². The van der Waals surface area contributed by atoms with Gasteiger partial charge in [0.05, 0.1) is 6.20 Å². The predicted molar refractivity (Wildman–Crippen MR) is 24.3 cm³/mol. The Hall–Kier alpha value is -0.940. The number of hydrogen-bond acceptors (Lipinski definition) is 5. The Kier molecular flexibility index (Phi) is 6.80. The van der Waals surface area contributed by atoms with Gasteiger partial charge in [0.25, 0.3) is 0 Å². The fourth-order valence-electron chi connectivity index (χ4n) is 0.136. The van der Waals surface area contributed by atoms with Crippen LogP contribution in [0.1, 0.15) is 0 Å². The van der Waals surface area contributed by atoms with Crippen LogP contribution in [0.5, 0.6) is 0 Å². The molecule has 5 nitrogen and oxygen atoms in total. The van der Waals surface area contributed by atoms with Crippen LogP contribution in [0.2, 0.25) is 0 Å². The van der Waals surface area contributed by atoms with Gasteiger partial charge in [-0.25, -0.2) is 0 Å². The van der Waals surface area contributed by atoms with Gasteiger partial charge in [-0.15, -0.1) is 5.10 Å². The maximum absolute atomic E-state index is 4.22. The molecule has 0 amide bonds. The van der Waals surface area contributed by atoms with E-state index in [1.54, 1.807) is 0 Å². The summed E-state index contributed by atoms with van der Waals surface area (Å²) in [5, 5.41) is 6.40. The van der Waals surface area contributed by atoms with Gasteiger partial charge in [-0.2, -0.15) is 0 Å². The quantitative estimate of drug-likeness (QED) is 0.494. The summed E-state index contributed by atoms with van der Waals surface area (Å²) in [6, 6.07) is 0. The van der Waals surface area contributed by atoms with Crippen LogP contribution in [-0.2, 0) is 0 Å². The van der Waals surface area contributed by atoms with Crippen molar-refractivity contribution in [3.05, 3.63) is 12.5 Å².